The van der Waals surface area contributed by atoms with Crippen LogP contribution in [0.3, 0.4) is 0 Å². The number of carbonyl (C=O) groups is 2. The lowest BCUT2D eigenvalue weighted by Crippen LogP contribution is -2.47. The van der Waals surface area contributed by atoms with Crippen LogP contribution in [-0.4, -0.2) is 39.7 Å². The summed E-state index contributed by atoms with van der Waals surface area (Å²) in [6.07, 6.45) is 4.66. The van der Waals surface area contributed by atoms with Gasteiger partial charge in [0.1, 0.15) is 6.04 Å². The average molecular weight is 471 g/mol. The van der Waals surface area contributed by atoms with E-state index in [4.69, 9.17) is 0 Å². The first-order chi connectivity index (χ1) is 15.8. The van der Waals surface area contributed by atoms with Crippen LogP contribution in [0, 0.1) is 20.2 Å². The quantitative estimate of drug-likeness (QED) is 0.289. The van der Waals surface area contributed by atoms with E-state index in [0.717, 1.165) is 23.8 Å². The number of thioether (sulfide) groups is 1. The molecule has 0 heterocycles. The molecule has 0 radical (unpaired) electrons. The Bertz CT molecular complexity index is 1040. The Balaban J connectivity index is 2.19. The van der Waals surface area contributed by atoms with Gasteiger partial charge in [0.05, 0.1) is 21.5 Å². The molecule has 0 aliphatic carbocycles. The van der Waals surface area contributed by atoms with Gasteiger partial charge in [0.15, 0.2) is 0 Å². The maximum absolute atomic E-state index is 12.7. The van der Waals surface area contributed by atoms with Gasteiger partial charge in [-0.2, -0.15) is 16.9 Å². The number of allylic oxidation sites excluding steroid dienone is 2. The van der Waals surface area contributed by atoms with Crippen LogP contribution in [-0.2, 0) is 10.5 Å². The molecule has 0 spiro atoms. The van der Waals surface area contributed by atoms with Gasteiger partial charge in [0.2, 0.25) is 0 Å². The highest BCUT2D eigenvalue weighted by molar-refractivity contribution is 7.98. The summed E-state index contributed by atoms with van der Waals surface area (Å²) in [5.74, 6) is -0.725. The third-order valence-corrected chi connectivity index (χ3v) is 5.24. The third-order valence-electron chi connectivity index (χ3n) is 4.13. The molecule has 0 saturated carbocycles. The number of benzene rings is 2. The normalized spacial score (nSPS) is 11.9. The molecule has 0 bridgehead atoms. The van der Waals surface area contributed by atoms with Gasteiger partial charge in [0.25, 0.3) is 23.2 Å². The Hall–Kier alpha value is -4.06. The van der Waals surface area contributed by atoms with E-state index in [1.165, 1.54) is 18.0 Å². The Morgan fingerprint density at radius 1 is 1.09 bits per heavy atom. The van der Waals surface area contributed by atoms with Crippen molar-refractivity contribution in [1.82, 2.24) is 10.7 Å². The van der Waals surface area contributed by atoms with E-state index in [-0.39, 0.29) is 11.3 Å². The molecule has 0 aromatic heterocycles. The number of nitro benzene ring substituents is 2. The summed E-state index contributed by atoms with van der Waals surface area (Å²) >= 11 is 1.38. The molecule has 0 saturated heterocycles. The van der Waals surface area contributed by atoms with Gasteiger partial charge in [0, 0.05) is 29.9 Å². The van der Waals surface area contributed by atoms with Gasteiger partial charge >= 0.3 is 0 Å². The number of nitrogens with one attached hydrogen (secondary N) is 2. The summed E-state index contributed by atoms with van der Waals surface area (Å²) in [5, 5.41) is 28.4. The molecule has 12 heteroatoms. The summed E-state index contributed by atoms with van der Waals surface area (Å²) < 4.78 is 0. The lowest BCUT2D eigenvalue weighted by atomic mass is 10.1. The van der Waals surface area contributed by atoms with Crippen molar-refractivity contribution in [2.24, 2.45) is 5.10 Å². The molecule has 2 aromatic rings. The van der Waals surface area contributed by atoms with E-state index in [9.17, 15) is 29.8 Å². The average Bonchev–Trinajstić information content (AvgIpc) is 2.81. The molecular weight excluding hydrogens is 450 g/mol. The Kier molecular flexibility index (Phi) is 9.71. The molecule has 33 heavy (non-hydrogen) atoms. The highest BCUT2D eigenvalue weighted by atomic mass is 32.2. The lowest BCUT2D eigenvalue weighted by Gasteiger charge is -2.17. The molecule has 0 fully saturated rings. The smallest absolute Gasteiger partial charge is 0.277 e. The number of nitro groups is 2. The molecule has 172 valence electrons. The van der Waals surface area contributed by atoms with Gasteiger partial charge < -0.3 is 5.32 Å². The number of hydrazone groups is 1. The van der Waals surface area contributed by atoms with Crippen LogP contribution in [0.25, 0.3) is 0 Å². The Labute approximate surface area is 193 Å². The van der Waals surface area contributed by atoms with Crippen molar-refractivity contribution in [3.8, 4) is 0 Å². The molecule has 0 aliphatic heterocycles. The summed E-state index contributed by atoms with van der Waals surface area (Å²) in [6.45, 7) is 1.77. The van der Waals surface area contributed by atoms with E-state index in [2.05, 4.69) is 15.8 Å². The van der Waals surface area contributed by atoms with Crippen molar-refractivity contribution in [2.75, 3.05) is 5.75 Å². The Morgan fingerprint density at radius 2 is 1.73 bits per heavy atom. The largest absolute Gasteiger partial charge is 0.339 e. The van der Waals surface area contributed by atoms with Crippen molar-refractivity contribution < 1.29 is 19.4 Å². The van der Waals surface area contributed by atoms with E-state index in [0.29, 0.717) is 5.75 Å². The zero-order valence-corrected chi connectivity index (χ0v) is 18.4. The number of non-ortho nitro benzene ring substituents is 2. The van der Waals surface area contributed by atoms with Crippen LogP contribution in [0.15, 0.2) is 65.8 Å². The number of hydrogen-bond acceptors (Lipinski definition) is 8. The predicted molar refractivity (Wildman–Crippen MR) is 125 cm³/mol. The van der Waals surface area contributed by atoms with E-state index >= 15 is 0 Å². The molecule has 0 aliphatic rings. The molecule has 2 amide bonds. The Morgan fingerprint density at radius 3 is 2.30 bits per heavy atom. The summed E-state index contributed by atoms with van der Waals surface area (Å²) in [6, 6.07) is 11.0. The van der Waals surface area contributed by atoms with Crippen molar-refractivity contribution in [2.45, 2.75) is 18.7 Å². The van der Waals surface area contributed by atoms with Gasteiger partial charge in [-0.1, -0.05) is 36.4 Å². The minimum atomic E-state index is -1.05. The molecule has 11 nitrogen and oxygen atoms in total. The molecular formula is C21H21N5O6S. The van der Waals surface area contributed by atoms with Crippen LogP contribution in [0.5, 0.6) is 0 Å². The zero-order valence-electron chi connectivity index (χ0n) is 17.5. The standard InChI is InChI=1S/C21H21N5O6S/c1-2-3-9-22-24-21(28)19(14-33-13-15-7-5-4-6-8-15)23-20(27)16-10-17(25(29)30)12-18(11-16)26(31)32/h2-12,19H,13-14H2,1H3,(H,23,27)(H,24,28)/b3-2+,22-9-/t19-/m0/s1. The predicted octanol–water partition coefficient (Wildman–Crippen LogP) is 3.21. The van der Waals surface area contributed by atoms with Gasteiger partial charge in [-0.25, -0.2) is 5.43 Å². The number of amides is 2. The third kappa shape index (κ3) is 8.18. The molecule has 1 atom stereocenters. The van der Waals surface area contributed by atoms with E-state index in [1.54, 1.807) is 19.1 Å². The minimum absolute atomic E-state index is 0.169. The fourth-order valence-electron chi connectivity index (χ4n) is 2.54. The van der Waals surface area contributed by atoms with Crippen LogP contribution >= 0.6 is 11.8 Å². The lowest BCUT2D eigenvalue weighted by molar-refractivity contribution is -0.394. The fourth-order valence-corrected chi connectivity index (χ4v) is 3.55. The van der Waals surface area contributed by atoms with Crippen molar-refractivity contribution in [3.05, 3.63) is 92.0 Å². The van der Waals surface area contributed by atoms with Crippen molar-refractivity contribution in [1.29, 1.82) is 0 Å². The molecule has 2 rings (SSSR count). The SMILES string of the molecule is C/C=C/C=N\NC(=O)[C@H](CSCc1ccccc1)NC(=O)c1cc([N+](=O)[O-])cc([N+](=O)[O-])c1. The first-order valence-electron chi connectivity index (χ1n) is 9.62. The zero-order chi connectivity index (χ0) is 24.2. The van der Waals surface area contributed by atoms with Gasteiger partial charge in [-0.3, -0.25) is 29.8 Å². The number of rotatable bonds is 11. The fraction of sp³-hybridized carbons (Fsp3) is 0.190. The number of hydrogen-bond donors (Lipinski definition) is 2. The van der Waals surface area contributed by atoms with Crippen LogP contribution in [0.4, 0.5) is 11.4 Å². The molecule has 0 unspecified atom stereocenters. The second-order valence-corrected chi connectivity index (χ2v) is 7.59. The second-order valence-electron chi connectivity index (χ2n) is 6.56. The number of nitrogens with zero attached hydrogens (tertiary/aromatic N) is 3. The number of carbonyl (C=O) groups excluding carboxylic acids is 2. The van der Waals surface area contributed by atoms with E-state index in [1.807, 2.05) is 30.3 Å². The summed E-state index contributed by atoms with van der Waals surface area (Å²) in [7, 11) is 0. The summed E-state index contributed by atoms with van der Waals surface area (Å²) in [5.41, 5.74) is 1.82. The minimum Gasteiger partial charge on any atom is -0.339 e. The van der Waals surface area contributed by atoms with Crippen molar-refractivity contribution >= 4 is 41.2 Å². The highest BCUT2D eigenvalue weighted by Crippen LogP contribution is 2.23. The van der Waals surface area contributed by atoms with E-state index < -0.39 is 39.1 Å². The van der Waals surface area contributed by atoms with Crippen LogP contribution in [0.2, 0.25) is 0 Å². The van der Waals surface area contributed by atoms with Gasteiger partial charge in [-0.05, 0) is 18.6 Å². The van der Waals surface area contributed by atoms with Crippen molar-refractivity contribution in [3.63, 3.8) is 0 Å². The van der Waals surface area contributed by atoms with Crippen LogP contribution in [0.1, 0.15) is 22.8 Å². The first-order valence-corrected chi connectivity index (χ1v) is 10.8. The molecule has 2 N–H and O–H groups in total. The maximum Gasteiger partial charge on any atom is 0.277 e. The monoisotopic (exact) mass is 471 g/mol. The second kappa shape index (κ2) is 12.7. The highest BCUT2D eigenvalue weighted by Gasteiger charge is 2.25. The van der Waals surface area contributed by atoms with Gasteiger partial charge in [-0.15, -0.1) is 0 Å². The van der Waals surface area contributed by atoms with Crippen LogP contribution < -0.4 is 10.7 Å². The maximum atomic E-state index is 12.7. The summed E-state index contributed by atoms with van der Waals surface area (Å²) in [4.78, 5) is 45.8. The topological polar surface area (TPSA) is 157 Å². The molecule has 2 aromatic carbocycles. The first kappa shape index (κ1) is 25.2.